The Kier molecular flexibility index (Phi) is 3.04. The Morgan fingerprint density at radius 2 is 2.40 bits per heavy atom. The lowest BCUT2D eigenvalue weighted by molar-refractivity contribution is 0.568. The second-order valence-electron chi connectivity index (χ2n) is 4.13. The first-order chi connectivity index (χ1) is 7.29. The molecule has 0 spiro atoms. The number of nitrogens with one attached hydrogen (secondary N) is 1. The number of aryl methyl sites for hydroxylation is 1. The molecule has 1 aliphatic carbocycles. The number of hydrogen-bond donors (Lipinski definition) is 1. The molecule has 0 aliphatic heterocycles. The third-order valence-corrected chi connectivity index (χ3v) is 2.60. The summed E-state index contributed by atoms with van der Waals surface area (Å²) in [5.74, 6) is 0.808. The Bertz CT molecular complexity index is 382. The normalized spacial score (nSPS) is 15.3. The molecule has 0 bridgehead atoms. The van der Waals surface area contributed by atoms with Crippen LogP contribution in [0.4, 0.5) is 5.69 Å². The topological polar surface area (TPSA) is 46.9 Å². The van der Waals surface area contributed by atoms with Crippen molar-refractivity contribution in [2.24, 2.45) is 5.92 Å². The highest BCUT2D eigenvalue weighted by atomic mass is 16.1. The molecule has 0 unspecified atom stereocenters. The fraction of sp³-hybridized carbons (Fsp3) is 0.636. The maximum atomic E-state index is 11.6. The van der Waals surface area contributed by atoms with Gasteiger partial charge in [0.1, 0.15) is 0 Å². The second kappa shape index (κ2) is 4.47. The smallest absolute Gasteiger partial charge is 0.268 e. The SMILES string of the molecule is CCCn1ncc(NCC2CC2)cc1=O. The molecule has 1 aromatic heterocycles. The van der Waals surface area contributed by atoms with Crippen LogP contribution in [0.15, 0.2) is 17.1 Å². The van der Waals surface area contributed by atoms with Crippen molar-refractivity contribution in [3.63, 3.8) is 0 Å². The molecule has 0 atom stereocenters. The van der Waals surface area contributed by atoms with Crippen molar-refractivity contribution in [3.8, 4) is 0 Å². The summed E-state index contributed by atoms with van der Waals surface area (Å²) in [5.41, 5.74) is 0.830. The zero-order chi connectivity index (χ0) is 10.7. The lowest BCUT2D eigenvalue weighted by Gasteiger charge is -2.06. The van der Waals surface area contributed by atoms with E-state index in [0.717, 1.165) is 24.6 Å². The van der Waals surface area contributed by atoms with Crippen LogP contribution in [0.3, 0.4) is 0 Å². The number of aromatic nitrogens is 2. The quantitative estimate of drug-likeness (QED) is 0.795. The van der Waals surface area contributed by atoms with Gasteiger partial charge in [0.25, 0.3) is 5.56 Å². The minimum atomic E-state index is -0.0161. The zero-order valence-electron chi connectivity index (χ0n) is 9.07. The van der Waals surface area contributed by atoms with E-state index in [-0.39, 0.29) is 5.56 Å². The van der Waals surface area contributed by atoms with Crippen LogP contribution in [0, 0.1) is 5.92 Å². The van der Waals surface area contributed by atoms with Gasteiger partial charge < -0.3 is 5.32 Å². The van der Waals surface area contributed by atoms with Crippen LogP contribution in [-0.4, -0.2) is 16.3 Å². The third-order valence-electron chi connectivity index (χ3n) is 2.60. The van der Waals surface area contributed by atoms with Crippen LogP contribution in [-0.2, 0) is 6.54 Å². The van der Waals surface area contributed by atoms with Gasteiger partial charge in [-0.15, -0.1) is 0 Å². The van der Waals surface area contributed by atoms with Gasteiger partial charge in [0, 0.05) is 19.2 Å². The van der Waals surface area contributed by atoms with Gasteiger partial charge in [-0.05, 0) is 25.2 Å². The van der Waals surface area contributed by atoms with E-state index in [2.05, 4.69) is 10.4 Å². The van der Waals surface area contributed by atoms with Crippen LogP contribution in [0.2, 0.25) is 0 Å². The predicted octanol–water partition coefficient (Wildman–Crippen LogP) is 1.48. The molecule has 0 aromatic carbocycles. The van der Waals surface area contributed by atoms with E-state index in [4.69, 9.17) is 0 Å². The minimum Gasteiger partial charge on any atom is -0.383 e. The maximum Gasteiger partial charge on any atom is 0.268 e. The summed E-state index contributed by atoms with van der Waals surface area (Å²) < 4.78 is 1.50. The third kappa shape index (κ3) is 2.81. The van der Waals surface area contributed by atoms with Gasteiger partial charge in [-0.3, -0.25) is 4.79 Å². The Balaban J connectivity index is 1.99. The molecule has 1 aromatic rings. The molecule has 1 heterocycles. The molecule has 1 N–H and O–H groups in total. The number of rotatable bonds is 5. The summed E-state index contributed by atoms with van der Waals surface area (Å²) in [6, 6.07) is 1.63. The summed E-state index contributed by atoms with van der Waals surface area (Å²) in [5, 5.41) is 7.35. The monoisotopic (exact) mass is 207 g/mol. The molecule has 4 nitrogen and oxygen atoms in total. The largest absolute Gasteiger partial charge is 0.383 e. The summed E-state index contributed by atoms with van der Waals surface area (Å²) in [7, 11) is 0. The minimum absolute atomic E-state index is 0.0161. The Morgan fingerprint density at radius 3 is 3.00 bits per heavy atom. The van der Waals surface area contributed by atoms with Crippen molar-refractivity contribution in [2.75, 3.05) is 11.9 Å². The number of nitrogens with zero attached hydrogens (tertiary/aromatic N) is 2. The summed E-state index contributed by atoms with van der Waals surface area (Å²) >= 11 is 0. The second-order valence-corrected chi connectivity index (χ2v) is 4.13. The summed E-state index contributed by atoms with van der Waals surface area (Å²) in [6.07, 6.45) is 5.29. The highest BCUT2D eigenvalue weighted by Gasteiger charge is 2.20. The highest BCUT2D eigenvalue weighted by molar-refractivity contribution is 5.38. The molecule has 1 fully saturated rings. The van der Waals surface area contributed by atoms with Crippen molar-refractivity contribution < 1.29 is 0 Å². The first-order valence-electron chi connectivity index (χ1n) is 5.60. The molecule has 0 radical (unpaired) electrons. The van der Waals surface area contributed by atoms with Crippen LogP contribution in [0.5, 0.6) is 0 Å². The standard InChI is InChI=1S/C11H17N3O/c1-2-5-14-11(15)6-10(8-13-14)12-7-9-3-4-9/h6,8-9,12H,2-5,7H2,1H3. The molecule has 4 heteroatoms. The van der Waals surface area contributed by atoms with E-state index >= 15 is 0 Å². The lowest BCUT2D eigenvalue weighted by Crippen LogP contribution is -2.22. The van der Waals surface area contributed by atoms with Crippen molar-refractivity contribution >= 4 is 5.69 Å². The van der Waals surface area contributed by atoms with Crippen LogP contribution >= 0.6 is 0 Å². The van der Waals surface area contributed by atoms with Gasteiger partial charge in [-0.25, -0.2) is 4.68 Å². The van der Waals surface area contributed by atoms with Gasteiger partial charge in [-0.2, -0.15) is 5.10 Å². The van der Waals surface area contributed by atoms with Crippen molar-refractivity contribution in [1.29, 1.82) is 0 Å². The van der Waals surface area contributed by atoms with Crippen LogP contribution in [0.25, 0.3) is 0 Å². The molecule has 0 amide bonds. The van der Waals surface area contributed by atoms with Crippen LogP contribution in [0.1, 0.15) is 26.2 Å². The Labute approximate surface area is 89.3 Å². The van der Waals surface area contributed by atoms with E-state index in [1.54, 1.807) is 12.3 Å². The van der Waals surface area contributed by atoms with Crippen molar-refractivity contribution in [1.82, 2.24) is 9.78 Å². The van der Waals surface area contributed by atoms with Gasteiger partial charge in [0.2, 0.25) is 0 Å². The van der Waals surface area contributed by atoms with Gasteiger partial charge in [-0.1, -0.05) is 6.92 Å². The van der Waals surface area contributed by atoms with Crippen molar-refractivity contribution in [3.05, 3.63) is 22.6 Å². The van der Waals surface area contributed by atoms with Crippen LogP contribution < -0.4 is 10.9 Å². The lowest BCUT2D eigenvalue weighted by atomic mass is 10.4. The first kappa shape index (κ1) is 10.2. The van der Waals surface area contributed by atoms with Gasteiger partial charge >= 0.3 is 0 Å². The van der Waals surface area contributed by atoms with Gasteiger partial charge in [0.15, 0.2) is 0 Å². The fourth-order valence-electron chi connectivity index (χ4n) is 1.49. The average molecular weight is 207 g/mol. The molecule has 82 valence electrons. The predicted molar refractivity (Wildman–Crippen MR) is 60.0 cm³/mol. The molecular weight excluding hydrogens is 190 g/mol. The number of hydrogen-bond acceptors (Lipinski definition) is 3. The zero-order valence-corrected chi connectivity index (χ0v) is 9.07. The molecule has 1 aliphatic rings. The number of anilines is 1. The van der Waals surface area contributed by atoms with Crippen molar-refractivity contribution in [2.45, 2.75) is 32.7 Å². The van der Waals surface area contributed by atoms with Gasteiger partial charge in [0.05, 0.1) is 11.9 Å². The molecule has 2 rings (SSSR count). The van der Waals surface area contributed by atoms with E-state index in [9.17, 15) is 4.79 Å². The fourth-order valence-corrected chi connectivity index (χ4v) is 1.49. The first-order valence-corrected chi connectivity index (χ1v) is 5.60. The van der Waals surface area contributed by atoms with E-state index in [1.165, 1.54) is 17.5 Å². The molecule has 15 heavy (non-hydrogen) atoms. The maximum absolute atomic E-state index is 11.6. The Hall–Kier alpha value is -1.32. The van der Waals surface area contributed by atoms with E-state index < -0.39 is 0 Å². The highest BCUT2D eigenvalue weighted by Crippen LogP contribution is 2.28. The molecule has 1 saturated carbocycles. The molecule has 0 saturated heterocycles. The summed E-state index contributed by atoms with van der Waals surface area (Å²) in [6.45, 7) is 3.70. The summed E-state index contributed by atoms with van der Waals surface area (Å²) in [4.78, 5) is 11.6. The van der Waals surface area contributed by atoms with E-state index in [1.807, 2.05) is 6.92 Å². The molecular formula is C11H17N3O. The van der Waals surface area contributed by atoms with E-state index in [0.29, 0.717) is 6.54 Å². The average Bonchev–Trinajstić information content (AvgIpc) is 3.03. The Morgan fingerprint density at radius 1 is 1.60 bits per heavy atom.